The molecule has 20 heavy (non-hydrogen) atoms. The van der Waals surface area contributed by atoms with Crippen molar-refractivity contribution >= 4 is 11.6 Å². The summed E-state index contributed by atoms with van der Waals surface area (Å²) in [7, 11) is 0. The zero-order valence-corrected chi connectivity index (χ0v) is 12.3. The van der Waals surface area contributed by atoms with E-state index in [1.807, 2.05) is 13.8 Å². The molecular formula is C15H19N3O2. The van der Waals surface area contributed by atoms with Gasteiger partial charge in [-0.1, -0.05) is 0 Å². The molecule has 0 amide bonds. The van der Waals surface area contributed by atoms with Crippen molar-refractivity contribution in [2.24, 2.45) is 0 Å². The monoisotopic (exact) mass is 273 g/mol. The maximum Gasteiger partial charge on any atom is 0.161 e. The van der Waals surface area contributed by atoms with Crippen LogP contribution < -0.4 is 4.90 Å². The topological polar surface area (TPSA) is 66.2 Å². The fourth-order valence-electron chi connectivity index (χ4n) is 2.62. The van der Waals surface area contributed by atoms with E-state index in [2.05, 4.69) is 16.0 Å². The third-order valence-corrected chi connectivity index (χ3v) is 3.41. The molecule has 1 aliphatic rings. The number of nitrogens with zero attached hydrogens (tertiary/aromatic N) is 3. The number of pyridine rings is 1. The summed E-state index contributed by atoms with van der Waals surface area (Å²) < 4.78 is 5.70. The molecule has 2 rings (SSSR count). The van der Waals surface area contributed by atoms with Crippen LogP contribution in [0.1, 0.15) is 42.4 Å². The smallest absolute Gasteiger partial charge is 0.161 e. The van der Waals surface area contributed by atoms with E-state index in [0.29, 0.717) is 35.7 Å². The van der Waals surface area contributed by atoms with Crippen molar-refractivity contribution < 1.29 is 9.53 Å². The predicted octanol–water partition coefficient (Wildman–Crippen LogP) is 2.08. The maximum atomic E-state index is 11.5. The first kappa shape index (κ1) is 14.5. The third-order valence-electron chi connectivity index (χ3n) is 3.41. The van der Waals surface area contributed by atoms with Crippen LogP contribution in [0.5, 0.6) is 0 Å². The number of aryl methyl sites for hydroxylation is 1. The van der Waals surface area contributed by atoms with Crippen molar-refractivity contribution in [3.63, 3.8) is 0 Å². The first-order chi connectivity index (χ1) is 9.42. The Balaban J connectivity index is 2.44. The second kappa shape index (κ2) is 5.59. The molecule has 0 radical (unpaired) electrons. The molecule has 0 spiro atoms. The van der Waals surface area contributed by atoms with Gasteiger partial charge in [0, 0.05) is 18.7 Å². The Morgan fingerprint density at radius 1 is 1.45 bits per heavy atom. The normalized spacial score (nSPS) is 22.4. The van der Waals surface area contributed by atoms with Crippen LogP contribution in [0.25, 0.3) is 0 Å². The highest BCUT2D eigenvalue weighted by atomic mass is 16.5. The molecule has 0 aromatic carbocycles. The number of Topliss-reactive ketones (excluding diaryl/α,β-unsaturated/α-hetero) is 1. The van der Waals surface area contributed by atoms with Gasteiger partial charge in [-0.3, -0.25) is 4.79 Å². The summed E-state index contributed by atoms with van der Waals surface area (Å²) in [6, 6.07) is 3.79. The summed E-state index contributed by atoms with van der Waals surface area (Å²) in [6.45, 7) is 8.70. The van der Waals surface area contributed by atoms with Crippen LogP contribution in [0.2, 0.25) is 0 Å². The van der Waals surface area contributed by atoms with Gasteiger partial charge in [0.2, 0.25) is 0 Å². The molecule has 5 nitrogen and oxygen atoms in total. The van der Waals surface area contributed by atoms with E-state index >= 15 is 0 Å². The zero-order chi connectivity index (χ0) is 14.9. The summed E-state index contributed by atoms with van der Waals surface area (Å²) in [5.41, 5.74) is 1.63. The molecule has 1 aromatic heterocycles. The highest BCUT2D eigenvalue weighted by Crippen LogP contribution is 2.24. The number of nitriles is 1. The maximum absolute atomic E-state index is 11.5. The van der Waals surface area contributed by atoms with Gasteiger partial charge in [-0.15, -0.1) is 0 Å². The average Bonchev–Trinajstić information content (AvgIpc) is 2.36. The molecule has 1 saturated heterocycles. The number of ketones is 1. The summed E-state index contributed by atoms with van der Waals surface area (Å²) in [6.07, 6.45) is 0.194. The molecule has 0 N–H and O–H groups in total. The van der Waals surface area contributed by atoms with E-state index in [4.69, 9.17) is 4.74 Å². The van der Waals surface area contributed by atoms with Crippen LogP contribution in [0, 0.1) is 18.3 Å². The molecule has 1 aliphatic heterocycles. The number of ether oxygens (including phenoxy) is 1. The summed E-state index contributed by atoms with van der Waals surface area (Å²) in [5, 5.41) is 9.32. The van der Waals surface area contributed by atoms with Crippen LogP contribution in [-0.2, 0) is 4.74 Å². The molecule has 0 saturated carbocycles. The van der Waals surface area contributed by atoms with E-state index in [-0.39, 0.29) is 18.0 Å². The predicted molar refractivity (Wildman–Crippen MR) is 75.9 cm³/mol. The highest BCUT2D eigenvalue weighted by molar-refractivity contribution is 5.95. The van der Waals surface area contributed by atoms with Gasteiger partial charge in [0.05, 0.1) is 23.5 Å². The SMILES string of the molecule is CC(=O)c1cc(C#N)c(N2C[C@@H](C)O[C@@H](C)C2)nc1C. The van der Waals surface area contributed by atoms with Gasteiger partial charge >= 0.3 is 0 Å². The molecule has 2 heterocycles. The summed E-state index contributed by atoms with van der Waals surface area (Å²) in [5.74, 6) is 0.582. The Hall–Kier alpha value is -1.93. The fourth-order valence-corrected chi connectivity index (χ4v) is 2.62. The largest absolute Gasteiger partial charge is 0.372 e. The van der Waals surface area contributed by atoms with Gasteiger partial charge in [-0.25, -0.2) is 4.98 Å². The quantitative estimate of drug-likeness (QED) is 0.772. The van der Waals surface area contributed by atoms with E-state index < -0.39 is 0 Å². The Kier molecular flexibility index (Phi) is 4.05. The average molecular weight is 273 g/mol. The van der Waals surface area contributed by atoms with Crippen molar-refractivity contribution in [1.82, 2.24) is 4.98 Å². The number of anilines is 1. The minimum Gasteiger partial charge on any atom is -0.372 e. The Bertz CT molecular complexity index is 567. The minimum absolute atomic E-state index is 0.0678. The van der Waals surface area contributed by atoms with E-state index in [1.54, 1.807) is 13.0 Å². The molecule has 0 aliphatic carbocycles. The minimum atomic E-state index is -0.0678. The van der Waals surface area contributed by atoms with Crippen LogP contribution in [0.15, 0.2) is 6.07 Å². The van der Waals surface area contributed by atoms with Gasteiger partial charge in [-0.2, -0.15) is 5.26 Å². The lowest BCUT2D eigenvalue weighted by molar-refractivity contribution is -0.00548. The second-order valence-electron chi connectivity index (χ2n) is 5.32. The van der Waals surface area contributed by atoms with E-state index in [9.17, 15) is 10.1 Å². The first-order valence-corrected chi connectivity index (χ1v) is 6.75. The van der Waals surface area contributed by atoms with Crippen molar-refractivity contribution in [2.75, 3.05) is 18.0 Å². The van der Waals surface area contributed by atoms with Gasteiger partial charge in [0.15, 0.2) is 5.78 Å². The number of carbonyl (C=O) groups excluding carboxylic acids is 1. The van der Waals surface area contributed by atoms with Crippen molar-refractivity contribution in [3.8, 4) is 6.07 Å². The van der Waals surface area contributed by atoms with Crippen LogP contribution in [-0.4, -0.2) is 36.1 Å². The number of aromatic nitrogens is 1. The molecule has 0 bridgehead atoms. The van der Waals surface area contributed by atoms with Gasteiger partial charge in [0.1, 0.15) is 11.9 Å². The van der Waals surface area contributed by atoms with Crippen molar-refractivity contribution in [1.29, 1.82) is 5.26 Å². The van der Waals surface area contributed by atoms with Crippen molar-refractivity contribution in [3.05, 3.63) is 22.9 Å². The van der Waals surface area contributed by atoms with Gasteiger partial charge < -0.3 is 9.64 Å². The highest BCUT2D eigenvalue weighted by Gasteiger charge is 2.26. The number of carbonyl (C=O) groups is 1. The van der Waals surface area contributed by atoms with Crippen LogP contribution >= 0.6 is 0 Å². The van der Waals surface area contributed by atoms with Gasteiger partial charge in [0.25, 0.3) is 0 Å². The zero-order valence-electron chi connectivity index (χ0n) is 12.3. The molecule has 106 valence electrons. The lowest BCUT2D eigenvalue weighted by Crippen LogP contribution is -2.46. The molecule has 5 heteroatoms. The molecule has 1 aromatic rings. The molecule has 1 fully saturated rings. The number of rotatable bonds is 2. The number of morpholine rings is 1. The standard InChI is InChI=1S/C15H19N3O2/c1-9-7-18(8-10(2)20-9)15-13(6-16)5-14(12(4)19)11(3)17-15/h5,9-10H,7-8H2,1-4H3/t9-,10+. The second-order valence-corrected chi connectivity index (χ2v) is 5.32. The fraction of sp³-hybridized carbons (Fsp3) is 0.533. The Morgan fingerprint density at radius 2 is 2.05 bits per heavy atom. The summed E-state index contributed by atoms with van der Waals surface area (Å²) >= 11 is 0. The number of hydrogen-bond donors (Lipinski definition) is 0. The molecular weight excluding hydrogens is 254 g/mol. The van der Waals surface area contributed by atoms with E-state index in [0.717, 1.165) is 0 Å². The number of hydrogen-bond acceptors (Lipinski definition) is 5. The molecule has 0 unspecified atom stereocenters. The van der Waals surface area contributed by atoms with Gasteiger partial charge in [-0.05, 0) is 33.8 Å². The van der Waals surface area contributed by atoms with Crippen LogP contribution in [0.3, 0.4) is 0 Å². The first-order valence-electron chi connectivity index (χ1n) is 6.75. The summed E-state index contributed by atoms with van der Waals surface area (Å²) in [4.78, 5) is 18.1. The Labute approximate surface area is 119 Å². The van der Waals surface area contributed by atoms with E-state index in [1.165, 1.54) is 6.92 Å². The Morgan fingerprint density at radius 3 is 2.55 bits per heavy atom. The molecule has 2 atom stereocenters. The van der Waals surface area contributed by atoms with Crippen LogP contribution in [0.4, 0.5) is 5.82 Å². The lowest BCUT2D eigenvalue weighted by atomic mass is 10.1. The third kappa shape index (κ3) is 2.81. The van der Waals surface area contributed by atoms with Crippen molar-refractivity contribution in [2.45, 2.75) is 39.9 Å². The lowest BCUT2D eigenvalue weighted by Gasteiger charge is -2.36.